The molecule has 0 saturated heterocycles. The van der Waals surface area contributed by atoms with Crippen molar-refractivity contribution in [2.45, 2.75) is 94.4 Å². The second-order valence-electron chi connectivity index (χ2n) is 13.4. The number of hydrogen-bond acceptors (Lipinski definition) is 3. The zero-order valence-corrected chi connectivity index (χ0v) is 27.7. The van der Waals surface area contributed by atoms with Crippen molar-refractivity contribution >= 4 is 16.7 Å². The number of fused-ring (bicyclic) bond motifs is 1. The summed E-state index contributed by atoms with van der Waals surface area (Å²) in [7, 11) is 0. The van der Waals surface area contributed by atoms with E-state index in [-0.39, 0.29) is 42.5 Å². The Labute approximate surface area is 244 Å². The minimum Gasteiger partial charge on any atom is -0.512 e. The quantitative estimate of drug-likeness (QED) is 0.169. The number of carbonyl (C=O) groups is 1. The zero-order valence-electron chi connectivity index (χ0n) is 25.3. The number of nitrogens with zero attached hydrogens (tertiary/aromatic N) is 1. The summed E-state index contributed by atoms with van der Waals surface area (Å²) in [5.74, 6) is 0.616. The number of aryl methyl sites for hydroxylation is 1. The Morgan fingerprint density at radius 1 is 0.895 bits per heavy atom. The molecule has 1 radical (unpaired) electrons. The number of rotatable bonds is 3. The van der Waals surface area contributed by atoms with Gasteiger partial charge in [0.25, 0.3) is 0 Å². The Hall–Kier alpha value is -2.29. The van der Waals surface area contributed by atoms with Gasteiger partial charge in [-0.3, -0.25) is 9.78 Å². The molecule has 1 N–H and O–H groups in total. The molecular weight excluding hydrogens is 647 g/mol. The standard InChI is InChI=1S/C23H26N.C11H20O2.Ir/c1-15(2)18-8-7-17-9-10-21(24-22(17)14-18)19-11-16(3)12-20(13-19)23(4,5)6;1-10(2,3)8(12)7-9(13)11(4,5)6;/h7-10,12-15H,1-6H3;7,12H,1-6H3;/q-1;;/b;8-7-;. The topological polar surface area (TPSA) is 50.2 Å². The number of ketones is 1. The summed E-state index contributed by atoms with van der Waals surface area (Å²) in [4.78, 5) is 16.4. The summed E-state index contributed by atoms with van der Waals surface area (Å²) in [5, 5.41) is 10.7. The third-order valence-electron chi connectivity index (χ3n) is 6.30. The van der Waals surface area contributed by atoms with Crippen LogP contribution in [-0.2, 0) is 30.3 Å². The van der Waals surface area contributed by atoms with Crippen molar-refractivity contribution in [2.24, 2.45) is 10.8 Å². The minimum absolute atomic E-state index is 0. The number of hydrogen-bond donors (Lipinski definition) is 1. The summed E-state index contributed by atoms with van der Waals surface area (Å²) in [6.07, 6.45) is 1.33. The van der Waals surface area contributed by atoms with Crippen LogP contribution in [-0.4, -0.2) is 15.9 Å². The van der Waals surface area contributed by atoms with Gasteiger partial charge in [-0.05, 0) is 34.0 Å². The SMILES string of the molecule is CC(C)(C)C(=O)/C=C(\O)C(C)(C)C.Cc1[c-]c(-c2ccc3ccc(C(C)C)cc3n2)cc(C(C)(C)C)c1.[Ir]. The molecule has 0 atom stereocenters. The Balaban J connectivity index is 0.000000444. The molecule has 4 heteroatoms. The van der Waals surface area contributed by atoms with Crippen LogP contribution in [0.2, 0.25) is 0 Å². The molecule has 0 unspecified atom stereocenters. The van der Waals surface area contributed by atoms with Crippen LogP contribution >= 0.6 is 0 Å². The third kappa shape index (κ3) is 9.47. The molecule has 3 aromatic rings. The molecule has 3 rings (SSSR count). The van der Waals surface area contributed by atoms with Crippen LogP contribution in [0.1, 0.15) is 98.8 Å². The van der Waals surface area contributed by atoms with E-state index in [0.717, 1.165) is 22.3 Å². The molecule has 1 heterocycles. The van der Waals surface area contributed by atoms with E-state index < -0.39 is 5.41 Å². The van der Waals surface area contributed by atoms with Crippen LogP contribution < -0.4 is 0 Å². The van der Waals surface area contributed by atoms with E-state index in [1.54, 1.807) is 0 Å². The van der Waals surface area contributed by atoms with E-state index in [9.17, 15) is 9.90 Å². The van der Waals surface area contributed by atoms with E-state index in [1.165, 1.54) is 22.6 Å². The molecule has 0 spiro atoms. The number of benzene rings is 2. The van der Waals surface area contributed by atoms with Crippen molar-refractivity contribution in [1.29, 1.82) is 0 Å². The fourth-order valence-electron chi connectivity index (χ4n) is 3.49. The number of aliphatic hydroxyl groups excluding tert-OH is 1. The molecular formula is C34H46IrNO2-. The van der Waals surface area contributed by atoms with Crippen molar-refractivity contribution in [3.63, 3.8) is 0 Å². The van der Waals surface area contributed by atoms with Gasteiger partial charge in [0, 0.05) is 37.0 Å². The second kappa shape index (κ2) is 12.7. The van der Waals surface area contributed by atoms with Crippen LogP contribution in [0.3, 0.4) is 0 Å². The predicted octanol–water partition coefficient (Wildman–Crippen LogP) is 9.52. The van der Waals surface area contributed by atoms with Crippen molar-refractivity contribution < 1.29 is 30.0 Å². The molecule has 3 nitrogen and oxygen atoms in total. The maximum atomic E-state index is 11.5. The second-order valence-corrected chi connectivity index (χ2v) is 13.4. The smallest absolute Gasteiger partial charge is 0.164 e. The van der Waals surface area contributed by atoms with Gasteiger partial charge in [0.05, 0.1) is 5.52 Å². The van der Waals surface area contributed by atoms with Gasteiger partial charge >= 0.3 is 0 Å². The van der Waals surface area contributed by atoms with Gasteiger partial charge in [-0.25, -0.2) is 0 Å². The van der Waals surface area contributed by atoms with E-state index in [0.29, 0.717) is 5.92 Å². The van der Waals surface area contributed by atoms with Gasteiger partial charge in [-0.2, -0.15) is 0 Å². The van der Waals surface area contributed by atoms with E-state index in [4.69, 9.17) is 4.98 Å². The number of carbonyl (C=O) groups excluding carboxylic acids is 1. The first-order valence-electron chi connectivity index (χ1n) is 13.2. The van der Waals surface area contributed by atoms with Crippen LogP contribution in [0.15, 0.2) is 54.3 Å². The van der Waals surface area contributed by atoms with Crippen molar-refractivity contribution in [2.75, 3.05) is 0 Å². The molecule has 1 aromatic heterocycles. The predicted molar refractivity (Wildman–Crippen MR) is 158 cm³/mol. The Kier molecular flexibility index (Phi) is 11.3. The first-order chi connectivity index (χ1) is 16.8. The van der Waals surface area contributed by atoms with Crippen molar-refractivity contribution in [3.8, 4) is 11.3 Å². The molecule has 0 saturated carbocycles. The molecule has 0 amide bonds. The van der Waals surface area contributed by atoms with Crippen LogP contribution in [0, 0.1) is 23.8 Å². The van der Waals surface area contributed by atoms with Gasteiger partial charge < -0.3 is 5.11 Å². The number of allylic oxidation sites excluding steroid dienone is 2. The fourth-order valence-corrected chi connectivity index (χ4v) is 3.49. The summed E-state index contributed by atoms with van der Waals surface area (Å²) in [6.45, 7) is 24.4. The third-order valence-corrected chi connectivity index (χ3v) is 6.30. The van der Waals surface area contributed by atoms with Crippen LogP contribution in [0.25, 0.3) is 22.2 Å². The van der Waals surface area contributed by atoms with Gasteiger partial charge in [0.1, 0.15) is 5.76 Å². The van der Waals surface area contributed by atoms with E-state index >= 15 is 0 Å². The van der Waals surface area contributed by atoms with Gasteiger partial charge in [0.2, 0.25) is 0 Å². The summed E-state index contributed by atoms with van der Waals surface area (Å²) in [5.41, 5.74) is 6.31. The average Bonchev–Trinajstić information content (AvgIpc) is 2.76. The first kappa shape index (κ1) is 33.7. The van der Waals surface area contributed by atoms with Crippen molar-refractivity contribution in [3.05, 3.63) is 77.1 Å². The van der Waals surface area contributed by atoms with Crippen LogP contribution in [0.5, 0.6) is 0 Å². The Morgan fingerprint density at radius 2 is 1.47 bits per heavy atom. The van der Waals surface area contributed by atoms with Gasteiger partial charge in [-0.15, -0.1) is 34.9 Å². The molecule has 209 valence electrons. The zero-order chi connectivity index (χ0) is 28.3. The maximum absolute atomic E-state index is 11.5. The Morgan fingerprint density at radius 3 is 1.97 bits per heavy atom. The maximum Gasteiger partial charge on any atom is 0.164 e. The molecule has 2 aromatic carbocycles. The molecule has 38 heavy (non-hydrogen) atoms. The molecule has 0 bridgehead atoms. The summed E-state index contributed by atoms with van der Waals surface area (Å²) < 4.78 is 0. The van der Waals surface area contributed by atoms with E-state index in [1.807, 2.05) is 41.5 Å². The Bertz CT molecular complexity index is 1280. The average molecular weight is 693 g/mol. The monoisotopic (exact) mass is 693 g/mol. The van der Waals surface area contributed by atoms with Gasteiger partial charge in [-0.1, -0.05) is 107 Å². The van der Waals surface area contributed by atoms with E-state index in [2.05, 4.69) is 90.1 Å². The number of aromatic nitrogens is 1. The number of pyridine rings is 1. The molecule has 0 fully saturated rings. The molecule has 0 aliphatic heterocycles. The first-order valence-corrected chi connectivity index (χ1v) is 13.2. The molecule has 0 aliphatic rings. The summed E-state index contributed by atoms with van der Waals surface area (Å²) in [6, 6.07) is 18.8. The molecule has 0 aliphatic carbocycles. The van der Waals surface area contributed by atoms with Gasteiger partial charge in [0.15, 0.2) is 5.78 Å². The summed E-state index contributed by atoms with van der Waals surface area (Å²) >= 11 is 0. The largest absolute Gasteiger partial charge is 0.512 e. The fraction of sp³-hybridized carbons (Fsp3) is 0.471. The minimum atomic E-state index is -0.417. The number of aliphatic hydroxyl groups is 1. The van der Waals surface area contributed by atoms with Crippen molar-refractivity contribution in [1.82, 2.24) is 4.98 Å². The van der Waals surface area contributed by atoms with Crippen LogP contribution in [0.4, 0.5) is 0 Å². The normalized spacial score (nSPS) is 12.6.